The number of hydrogen-bond donors (Lipinski definition) is 1. The number of imide groups is 2. The van der Waals surface area contributed by atoms with Crippen molar-refractivity contribution in [3.8, 4) is 0 Å². The second kappa shape index (κ2) is 6.97. The first kappa shape index (κ1) is 19.4. The monoisotopic (exact) mass is 416 g/mol. The van der Waals surface area contributed by atoms with Crippen molar-refractivity contribution in [2.24, 2.45) is 5.92 Å². The Labute approximate surface area is 178 Å². The van der Waals surface area contributed by atoms with Gasteiger partial charge in [-0.2, -0.15) is 0 Å². The van der Waals surface area contributed by atoms with E-state index in [1.54, 1.807) is 0 Å². The first-order chi connectivity index (χ1) is 14.9. The zero-order valence-corrected chi connectivity index (χ0v) is 16.9. The van der Waals surface area contributed by atoms with Crippen LogP contribution >= 0.6 is 0 Å². The Morgan fingerprint density at radius 1 is 0.806 bits per heavy atom. The summed E-state index contributed by atoms with van der Waals surface area (Å²) in [5, 5.41) is 2.20. The van der Waals surface area contributed by atoms with Crippen LogP contribution in [0.5, 0.6) is 0 Å². The minimum atomic E-state index is -0.540. The van der Waals surface area contributed by atoms with Gasteiger partial charge in [-0.3, -0.25) is 34.2 Å². The molecule has 1 saturated carbocycles. The van der Waals surface area contributed by atoms with Crippen LogP contribution in [-0.4, -0.2) is 40.4 Å². The number of nitrogens with zero attached hydrogens (tertiary/aromatic N) is 1. The van der Waals surface area contributed by atoms with Gasteiger partial charge in [0, 0.05) is 17.2 Å². The number of rotatable bonds is 3. The smallest absolute Gasteiger partial charge is 0.261 e. The van der Waals surface area contributed by atoms with E-state index in [-0.39, 0.29) is 57.4 Å². The van der Waals surface area contributed by atoms with E-state index in [1.807, 2.05) is 0 Å². The standard InChI is InChI=1S/C24H20N2O5/c1-12-4-2-3-5-19(12)26-23(30)16-9-7-14(11-18(16)24(26)31)20(27)13-6-8-15-17(10-13)22(29)25-21(15)28/h6-12,19H,2-5H2,1H3,(H,25,28,29). The van der Waals surface area contributed by atoms with Gasteiger partial charge < -0.3 is 0 Å². The molecule has 2 heterocycles. The molecule has 5 rings (SSSR count). The fourth-order valence-electron chi connectivity index (χ4n) is 4.86. The average Bonchev–Trinajstić information content (AvgIpc) is 3.20. The first-order valence-corrected chi connectivity index (χ1v) is 10.4. The molecule has 0 aromatic heterocycles. The van der Waals surface area contributed by atoms with Crippen molar-refractivity contribution in [1.29, 1.82) is 0 Å². The lowest BCUT2D eigenvalue weighted by molar-refractivity contribution is 0.0485. The zero-order chi connectivity index (χ0) is 21.9. The maximum atomic E-state index is 13.1. The summed E-state index contributed by atoms with van der Waals surface area (Å²) < 4.78 is 0. The lowest BCUT2D eigenvalue weighted by atomic mass is 9.85. The van der Waals surface area contributed by atoms with Gasteiger partial charge in [-0.1, -0.05) is 31.9 Å². The molecule has 0 spiro atoms. The Balaban J connectivity index is 1.47. The summed E-state index contributed by atoms with van der Waals surface area (Å²) in [4.78, 5) is 64.1. The average molecular weight is 416 g/mol. The molecule has 31 heavy (non-hydrogen) atoms. The van der Waals surface area contributed by atoms with Gasteiger partial charge in [0.1, 0.15) is 0 Å². The Kier molecular flexibility index (Phi) is 4.36. The fourth-order valence-corrected chi connectivity index (χ4v) is 4.86. The molecule has 3 aliphatic rings. The molecule has 2 atom stereocenters. The van der Waals surface area contributed by atoms with Crippen LogP contribution in [0.25, 0.3) is 0 Å². The molecule has 1 fully saturated rings. The predicted octanol–water partition coefficient (Wildman–Crippen LogP) is 2.98. The van der Waals surface area contributed by atoms with Gasteiger partial charge in [0.15, 0.2) is 5.78 Å². The number of hydrogen-bond acceptors (Lipinski definition) is 5. The normalized spacial score (nSPS) is 22.4. The van der Waals surface area contributed by atoms with E-state index in [1.165, 1.54) is 41.3 Å². The highest BCUT2D eigenvalue weighted by atomic mass is 16.2. The lowest BCUT2D eigenvalue weighted by Crippen LogP contribution is -2.44. The van der Waals surface area contributed by atoms with Crippen molar-refractivity contribution in [1.82, 2.24) is 10.2 Å². The molecule has 7 heteroatoms. The molecule has 2 aliphatic heterocycles. The van der Waals surface area contributed by atoms with E-state index in [0.717, 1.165) is 25.7 Å². The molecule has 2 unspecified atom stereocenters. The number of carbonyl (C=O) groups excluding carboxylic acids is 5. The van der Waals surface area contributed by atoms with E-state index in [0.29, 0.717) is 5.56 Å². The zero-order valence-electron chi connectivity index (χ0n) is 16.9. The first-order valence-electron chi connectivity index (χ1n) is 10.4. The topological polar surface area (TPSA) is 101 Å². The van der Waals surface area contributed by atoms with E-state index in [9.17, 15) is 24.0 Å². The SMILES string of the molecule is CC1CCCCC1N1C(=O)c2ccc(C(=O)c3ccc4c(c3)C(=O)NC4=O)cc2C1=O. The molecule has 1 N–H and O–H groups in total. The highest BCUT2D eigenvalue weighted by Gasteiger charge is 2.42. The number of benzene rings is 2. The van der Waals surface area contributed by atoms with Gasteiger partial charge in [0.05, 0.1) is 22.3 Å². The third kappa shape index (κ3) is 2.91. The molecule has 0 saturated heterocycles. The minimum absolute atomic E-state index is 0.118. The molecule has 2 aromatic rings. The van der Waals surface area contributed by atoms with Crippen molar-refractivity contribution in [2.75, 3.05) is 0 Å². The molecule has 4 amide bonds. The van der Waals surface area contributed by atoms with E-state index < -0.39 is 11.8 Å². The largest absolute Gasteiger partial charge is 0.289 e. The second-order valence-electron chi connectivity index (χ2n) is 8.44. The van der Waals surface area contributed by atoms with Crippen molar-refractivity contribution >= 4 is 29.4 Å². The Morgan fingerprint density at radius 3 is 2.10 bits per heavy atom. The summed E-state index contributed by atoms with van der Waals surface area (Å²) >= 11 is 0. The fraction of sp³-hybridized carbons (Fsp3) is 0.292. The molecule has 0 bridgehead atoms. The number of carbonyl (C=O) groups is 5. The summed E-state index contributed by atoms with van der Waals surface area (Å²) in [5.74, 6) is -1.82. The van der Waals surface area contributed by atoms with Crippen molar-refractivity contribution < 1.29 is 24.0 Å². The van der Waals surface area contributed by atoms with Crippen LogP contribution in [0, 0.1) is 5.92 Å². The van der Waals surface area contributed by atoms with Crippen LogP contribution in [-0.2, 0) is 0 Å². The van der Waals surface area contributed by atoms with Gasteiger partial charge in [0.25, 0.3) is 23.6 Å². The van der Waals surface area contributed by atoms with E-state index in [4.69, 9.17) is 0 Å². The Bertz CT molecular complexity index is 1200. The molecular formula is C24H20N2O5. The van der Waals surface area contributed by atoms with Crippen molar-refractivity contribution in [3.05, 3.63) is 69.8 Å². The number of amides is 4. The minimum Gasteiger partial charge on any atom is -0.289 e. The summed E-state index contributed by atoms with van der Waals surface area (Å²) in [6.07, 6.45) is 3.87. The molecule has 7 nitrogen and oxygen atoms in total. The highest BCUT2D eigenvalue weighted by Crippen LogP contribution is 2.34. The Morgan fingerprint density at radius 2 is 1.39 bits per heavy atom. The summed E-state index contributed by atoms with van der Waals surface area (Å²) in [6, 6.07) is 8.70. The van der Waals surface area contributed by atoms with Crippen LogP contribution in [0.3, 0.4) is 0 Å². The maximum Gasteiger partial charge on any atom is 0.261 e. The van der Waals surface area contributed by atoms with E-state index >= 15 is 0 Å². The van der Waals surface area contributed by atoms with Crippen LogP contribution in [0.2, 0.25) is 0 Å². The third-order valence-electron chi connectivity index (χ3n) is 6.58. The molecular weight excluding hydrogens is 396 g/mol. The van der Waals surface area contributed by atoms with Crippen LogP contribution < -0.4 is 5.32 Å². The molecule has 0 radical (unpaired) electrons. The third-order valence-corrected chi connectivity index (χ3v) is 6.58. The van der Waals surface area contributed by atoms with Crippen LogP contribution in [0.15, 0.2) is 36.4 Å². The highest BCUT2D eigenvalue weighted by molar-refractivity contribution is 6.24. The summed E-state index contributed by atoms with van der Waals surface area (Å²) in [6.45, 7) is 2.07. The summed E-state index contributed by atoms with van der Waals surface area (Å²) in [5.41, 5.74) is 1.43. The van der Waals surface area contributed by atoms with Crippen molar-refractivity contribution in [2.45, 2.75) is 38.6 Å². The van der Waals surface area contributed by atoms with Crippen LogP contribution in [0.1, 0.15) is 90.0 Å². The number of nitrogens with one attached hydrogen (secondary N) is 1. The quantitative estimate of drug-likeness (QED) is 0.612. The molecule has 1 aliphatic carbocycles. The van der Waals surface area contributed by atoms with Crippen molar-refractivity contribution in [3.63, 3.8) is 0 Å². The van der Waals surface area contributed by atoms with E-state index in [2.05, 4.69) is 12.2 Å². The lowest BCUT2D eigenvalue weighted by Gasteiger charge is -2.34. The van der Waals surface area contributed by atoms with Crippen LogP contribution in [0.4, 0.5) is 0 Å². The maximum absolute atomic E-state index is 13.1. The molecule has 156 valence electrons. The Hall–Kier alpha value is -3.61. The van der Waals surface area contributed by atoms with Gasteiger partial charge >= 0.3 is 0 Å². The van der Waals surface area contributed by atoms with Gasteiger partial charge in [0.2, 0.25) is 0 Å². The van der Waals surface area contributed by atoms with Gasteiger partial charge in [-0.15, -0.1) is 0 Å². The number of fused-ring (bicyclic) bond motifs is 2. The number of ketones is 1. The second-order valence-corrected chi connectivity index (χ2v) is 8.44. The van der Waals surface area contributed by atoms with Gasteiger partial charge in [-0.05, 0) is 43.0 Å². The molecule has 2 aromatic carbocycles. The van der Waals surface area contributed by atoms with Gasteiger partial charge in [-0.25, -0.2) is 0 Å². The predicted molar refractivity (Wildman–Crippen MR) is 110 cm³/mol. The summed E-state index contributed by atoms with van der Waals surface area (Å²) in [7, 11) is 0.